The Balaban J connectivity index is 2.91. The first kappa shape index (κ1) is 10.1. The van der Waals surface area contributed by atoms with Gasteiger partial charge >= 0.3 is 5.97 Å². The standard InChI is InChI=1S/C8H11ClN2O2/c1-3-13-8(12)6-5-11(2)10-7(6)4-9/h5H,3-4H2,1-2H3. The number of hydrogen-bond donors (Lipinski definition) is 0. The van der Waals surface area contributed by atoms with E-state index in [0.29, 0.717) is 17.9 Å². The van der Waals surface area contributed by atoms with Crippen molar-refractivity contribution in [1.29, 1.82) is 0 Å². The molecule has 1 aromatic rings. The van der Waals surface area contributed by atoms with Crippen molar-refractivity contribution < 1.29 is 9.53 Å². The van der Waals surface area contributed by atoms with Crippen LogP contribution in [-0.2, 0) is 17.7 Å². The first-order valence-corrected chi connectivity index (χ1v) is 4.48. The second kappa shape index (κ2) is 4.28. The van der Waals surface area contributed by atoms with Gasteiger partial charge in [-0.1, -0.05) is 0 Å². The van der Waals surface area contributed by atoms with Crippen molar-refractivity contribution in [2.24, 2.45) is 7.05 Å². The molecule has 0 aliphatic carbocycles. The highest BCUT2D eigenvalue weighted by molar-refractivity contribution is 6.17. The molecule has 0 aliphatic rings. The molecule has 1 rings (SSSR count). The summed E-state index contributed by atoms with van der Waals surface area (Å²) in [7, 11) is 1.73. The van der Waals surface area contributed by atoms with Crippen LogP contribution in [0.4, 0.5) is 0 Å². The molecule has 0 aliphatic heterocycles. The number of carbonyl (C=O) groups is 1. The Morgan fingerprint density at radius 1 is 1.77 bits per heavy atom. The Hall–Kier alpha value is -1.03. The quantitative estimate of drug-likeness (QED) is 0.549. The van der Waals surface area contributed by atoms with E-state index < -0.39 is 0 Å². The lowest BCUT2D eigenvalue weighted by Gasteiger charge is -1.98. The molecule has 0 fully saturated rings. The van der Waals surface area contributed by atoms with Gasteiger partial charge in [0.1, 0.15) is 5.56 Å². The number of aryl methyl sites for hydroxylation is 1. The van der Waals surface area contributed by atoms with Crippen LogP contribution in [0, 0.1) is 0 Å². The molecule has 72 valence electrons. The minimum Gasteiger partial charge on any atom is -0.462 e. The van der Waals surface area contributed by atoms with Gasteiger partial charge in [0.2, 0.25) is 0 Å². The Morgan fingerprint density at radius 3 is 3.00 bits per heavy atom. The van der Waals surface area contributed by atoms with E-state index in [2.05, 4.69) is 5.10 Å². The third-order valence-electron chi connectivity index (χ3n) is 1.53. The van der Waals surface area contributed by atoms with Gasteiger partial charge in [0, 0.05) is 13.2 Å². The fraction of sp³-hybridized carbons (Fsp3) is 0.500. The van der Waals surface area contributed by atoms with Crippen LogP contribution >= 0.6 is 11.6 Å². The number of carbonyl (C=O) groups excluding carboxylic acids is 1. The third-order valence-corrected chi connectivity index (χ3v) is 1.78. The number of ether oxygens (including phenoxy) is 1. The average molecular weight is 203 g/mol. The Kier molecular flexibility index (Phi) is 3.31. The highest BCUT2D eigenvalue weighted by atomic mass is 35.5. The molecule has 1 heterocycles. The van der Waals surface area contributed by atoms with E-state index in [-0.39, 0.29) is 11.8 Å². The van der Waals surface area contributed by atoms with Crippen molar-refractivity contribution in [2.75, 3.05) is 6.61 Å². The third kappa shape index (κ3) is 2.21. The molecular formula is C8H11ClN2O2. The van der Waals surface area contributed by atoms with E-state index in [4.69, 9.17) is 16.3 Å². The zero-order valence-corrected chi connectivity index (χ0v) is 8.34. The van der Waals surface area contributed by atoms with Crippen LogP contribution in [0.15, 0.2) is 6.20 Å². The van der Waals surface area contributed by atoms with E-state index in [1.807, 2.05) is 0 Å². The van der Waals surface area contributed by atoms with Gasteiger partial charge in [-0.05, 0) is 6.92 Å². The maximum Gasteiger partial charge on any atom is 0.341 e. The fourth-order valence-electron chi connectivity index (χ4n) is 1.01. The lowest BCUT2D eigenvalue weighted by molar-refractivity contribution is 0.0525. The largest absolute Gasteiger partial charge is 0.462 e. The summed E-state index contributed by atoms with van der Waals surface area (Å²) < 4.78 is 6.38. The Bertz CT molecular complexity index is 309. The number of alkyl halides is 1. The molecule has 5 heteroatoms. The molecule has 0 amide bonds. The number of hydrogen-bond acceptors (Lipinski definition) is 3. The van der Waals surface area contributed by atoms with Gasteiger partial charge in [-0.2, -0.15) is 5.10 Å². The number of nitrogens with zero attached hydrogens (tertiary/aromatic N) is 2. The minimum atomic E-state index is -0.369. The van der Waals surface area contributed by atoms with E-state index >= 15 is 0 Å². The predicted molar refractivity (Wildman–Crippen MR) is 48.7 cm³/mol. The molecule has 0 N–H and O–H groups in total. The second-order valence-corrected chi connectivity index (χ2v) is 2.78. The van der Waals surface area contributed by atoms with Crippen molar-refractivity contribution in [1.82, 2.24) is 9.78 Å². The van der Waals surface area contributed by atoms with Crippen molar-refractivity contribution in [3.05, 3.63) is 17.5 Å². The molecule has 0 atom stereocenters. The normalized spacial score (nSPS) is 10.1. The van der Waals surface area contributed by atoms with Crippen molar-refractivity contribution >= 4 is 17.6 Å². The van der Waals surface area contributed by atoms with Gasteiger partial charge in [0.15, 0.2) is 0 Å². The fourth-order valence-corrected chi connectivity index (χ4v) is 1.21. The smallest absolute Gasteiger partial charge is 0.341 e. The molecule has 13 heavy (non-hydrogen) atoms. The first-order valence-electron chi connectivity index (χ1n) is 3.94. The van der Waals surface area contributed by atoms with Crippen LogP contribution in [0.3, 0.4) is 0 Å². The van der Waals surface area contributed by atoms with Crippen LogP contribution in [0.1, 0.15) is 23.0 Å². The molecule has 4 nitrogen and oxygen atoms in total. The zero-order chi connectivity index (χ0) is 9.84. The van der Waals surface area contributed by atoms with Gasteiger partial charge < -0.3 is 4.74 Å². The predicted octanol–water partition coefficient (Wildman–Crippen LogP) is 1.34. The van der Waals surface area contributed by atoms with Crippen molar-refractivity contribution in [3.63, 3.8) is 0 Å². The summed E-state index contributed by atoms with van der Waals surface area (Å²) in [4.78, 5) is 11.3. The molecule has 0 bridgehead atoms. The molecule has 0 saturated carbocycles. The van der Waals surface area contributed by atoms with Crippen molar-refractivity contribution in [2.45, 2.75) is 12.8 Å². The van der Waals surface area contributed by atoms with Crippen LogP contribution in [0.25, 0.3) is 0 Å². The second-order valence-electron chi connectivity index (χ2n) is 2.52. The topological polar surface area (TPSA) is 44.1 Å². The number of aromatic nitrogens is 2. The highest BCUT2D eigenvalue weighted by Crippen LogP contribution is 2.10. The average Bonchev–Trinajstić information content (AvgIpc) is 2.47. The summed E-state index contributed by atoms with van der Waals surface area (Å²) in [5, 5.41) is 4.02. The molecule has 0 unspecified atom stereocenters. The van der Waals surface area contributed by atoms with Crippen LogP contribution in [-0.4, -0.2) is 22.4 Å². The Morgan fingerprint density at radius 2 is 2.46 bits per heavy atom. The highest BCUT2D eigenvalue weighted by Gasteiger charge is 2.15. The van der Waals surface area contributed by atoms with Crippen molar-refractivity contribution in [3.8, 4) is 0 Å². The summed E-state index contributed by atoms with van der Waals surface area (Å²) in [5.41, 5.74) is 1.00. The summed E-state index contributed by atoms with van der Waals surface area (Å²) >= 11 is 5.61. The monoisotopic (exact) mass is 202 g/mol. The van der Waals surface area contributed by atoms with E-state index in [9.17, 15) is 4.79 Å². The maximum absolute atomic E-state index is 11.3. The molecule has 0 spiro atoms. The van der Waals surface area contributed by atoms with Gasteiger partial charge in [-0.15, -0.1) is 11.6 Å². The molecule has 0 radical (unpaired) electrons. The van der Waals surface area contributed by atoms with Gasteiger partial charge in [-0.3, -0.25) is 4.68 Å². The van der Waals surface area contributed by atoms with Crippen LogP contribution in [0.2, 0.25) is 0 Å². The van der Waals surface area contributed by atoms with Gasteiger partial charge in [0.25, 0.3) is 0 Å². The first-order chi connectivity index (χ1) is 6.19. The summed E-state index contributed by atoms with van der Waals surface area (Å²) in [6.07, 6.45) is 1.61. The lowest BCUT2D eigenvalue weighted by Crippen LogP contribution is -2.05. The molecular weight excluding hydrogens is 192 g/mol. The van der Waals surface area contributed by atoms with Crippen LogP contribution < -0.4 is 0 Å². The van der Waals surface area contributed by atoms with Crippen LogP contribution in [0.5, 0.6) is 0 Å². The van der Waals surface area contributed by atoms with E-state index in [1.54, 1.807) is 24.9 Å². The van der Waals surface area contributed by atoms with E-state index in [1.165, 1.54) is 0 Å². The molecule has 0 aromatic carbocycles. The van der Waals surface area contributed by atoms with Gasteiger partial charge in [0.05, 0.1) is 18.2 Å². The van der Waals surface area contributed by atoms with Gasteiger partial charge in [-0.25, -0.2) is 4.79 Å². The summed E-state index contributed by atoms with van der Waals surface area (Å²) in [6.45, 7) is 2.12. The zero-order valence-electron chi connectivity index (χ0n) is 7.58. The number of esters is 1. The minimum absolute atomic E-state index is 0.217. The number of rotatable bonds is 3. The number of halogens is 1. The summed E-state index contributed by atoms with van der Waals surface area (Å²) in [6, 6.07) is 0. The lowest BCUT2D eigenvalue weighted by atomic mass is 10.3. The molecule has 1 aromatic heterocycles. The van der Waals surface area contributed by atoms with E-state index in [0.717, 1.165) is 0 Å². The summed E-state index contributed by atoms with van der Waals surface area (Å²) in [5.74, 6) is -0.152. The SMILES string of the molecule is CCOC(=O)c1cn(C)nc1CCl. The molecule has 0 saturated heterocycles. The maximum atomic E-state index is 11.3. The Labute approximate surface area is 81.4 Å².